The predicted molar refractivity (Wildman–Crippen MR) is 81.4 cm³/mol. The summed E-state index contributed by atoms with van der Waals surface area (Å²) >= 11 is 1.58. The van der Waals surface area contributed by atoms with Crippen LogP contribution in [0.4, 0.5) is 17.8 Å². The van der Waals surface area contributed by atoms with Crippen molar-refractivity contribution in [2.45, 2.75) is 13.0 Å². The van der Waals surface area contributed by atoms with E-state index in [-0.39, 0.29) is 12.0 Å². The number of nitrogens with zero attached hydrogens (tertiary/aromatic N) is 5. The van der Waals surface area contributed by atoms with Crippen LogP contribution in [0, 0.1) is 0 Å². The summed E-state index contributed by atoms with van der Waals surface area (Å²) in [5.74, 6) is 1.26. The van der Waals surface area contributed by atoms with Crippen LogP contribution >= 0.6 is 11.3 Å². The molecule has 1 atom stereocenters. The molecule has 21 heavy (non-hydrogen) atoms. The zero-order valence-electron chi connectivity index (χ0n) is 11.7. The molecule has 1 aliphatic rings. The third kappa shape index (κ3) is 3.37. The van der Waals surface area contributed by atoms with Crippen LogP contribution < -0.4 is 16.0 Å². The highest BCUT2D eigenvalue weighted by Gasteiger charge is 2.17. The number of rotatable bonds is 4. The van der Waals surface area contributed by atoms with Gasteiger partial charge in [0.05, 0.1) is 19.3 Å². The summed E-state index contributed by atoms with van der Waals surface area (Å²) in [6.07, 6.45) is 1.78. The number of thiazole rings is 1. The molecule has 1 fully saturated rings. The van der Waals surface area contributed by atoms with E-state index in [2.05, 4.69) is 25.3 Å². The van der Waals surface area contributed by atoms with Crippen molar-refractivity contribution in [1.82, 2.24) is 19.9 Å². The lowest BCUT2D eigenvalue weighted by Gasteiger charge is -2.27. The van der Waals surface area contributed by atoms with Crippen LogP contribution in [0.5, 0.6) is 0 Å². The maximum Gasteiger partial charge on any atom is 0.232 e. The summed E-state index contributed by atoms with van der Waals surface area (Å²) in [6, 6.07) is 0.0179. The molecule has 3 rings (SSSR count). The Labute approximate surface area is 126 Å². The van der Waals surface area contributed by atoms with Crippen molar-refractivity contribution in [2.75, 3.05) is 42.3 Å². The van der Waals surface area contributed by atoms with E-state index in [0.717, 1.165) is 18.1 Å². The number of hydrogen-bond donors (Lipinski definition) is 2. The molecule has 1 saturated heterocycles. The molecule has 0 amide bonds. The number of morpholine rings is 1. The first-order valence-corrected chi connectivity index (χ1v) is 7.60. The zero-order chi connectivity index (χ0) is 14.7. The van der Waals surface area contributed by atoms with E-state index in [1.165, 1.54) is 0 Å². The molecule has 2 aromatic heterocycles. The van der Waals surface area contributed by atoms with Gasteiger partial charge in [0.2, 0.25) is 17.8 Å². The maximum atomic E-state index is 5.79. The quantitative estimate of drug-likeness (QED) is 0.859. The monoisotopic (exact) mass is 307 g/mol. The van der Waals surface area contributed by atoms with E-state index < -0.39 is 0 Å². The fourth-order valence-electron chi connectivity index (χ4n) is 2.05. The van der Waals surface area contributed by atoms with Gasteiger partial charge in [-0.25, -0.2) is 4.98 Å². The molecule has 8 nitrogen and oxygen atoms in total. The number of ether oxygens (including phenoxy) is 1. The summed E-state index contributed by atoms with van der Waals surface area (Å²) in [5, 5.41) is 6.13. The molecule has 3 N–H and O–H groups in total. The van der Waals surface area contributed by atoms with Crippen molar-refractivity contribution in [2.24, 2.45) is 0 Å². The lowest BCUT2D eigenvalue weighted by molar-refractivity contribution is 0.122. The van der Waals surface area contributed by atoms with E-state index in [1.807, 2.05) is 17.2 Å². The number of nitrogens with two attached hydrogens (primary N) is 1. The van der Waals surface area contributed by atoms with Gasteiger partial charge in [-0.2, -0.15) is 15.0 Å². The van der Waals surface area contributed by atoms with Gasteiger partial charge >= 0.3 is 0 Å². The Morgan fingerprint density at radius 3 is 2.86 bits per heavy atom. The van der Waals surface area contributed by atoms with Crippen LogP contribution in [0.3, 0.4) is 0 Å². The molecule has 9 heteroatoms. The minimum Gasteiger partial charge on any atom is -0.378 e. The standard InChI is InChI=1S/C12H17N7OS/c1-8(9-14-2-7-21-9)15-11-16-10(13)17-12(18-11)19-3-5-20-6-4-19/h2,7-8H,3-6H2,1H3,(H3,13,15,16,17,18). The number of hydrogen-bond acceptors (Lipinski definition) is 9. The predicted octanol–water partition coefficient (Wildman–Crippen LogP) is 0.920. The second kappa shape index (κ2) is 6.19. The summed E-state index contributed by atoms with van der Waals surface area (Å²) < 4.78 is 5.33. The SMILES string of the molecule is CC(Nc1nc(N)nc(N2CCOCC2)n1)c1nccs1. The Bertz CT molecular complexity index is 585. The Balaban J connectivity index is 1.77. The fraction of sp³-hybridized carbons (Fsp3) is 0.500. The smallest absolute Gasteiger partial charge is 0.232 e. The third-order valence-electron chi connectivity index (χ3n) is 3.10. The second-order valence-electron chi connectivity index (χ2n) is 4.65. The minimum absolute atomic E-state index is 0.0179. The summed E-state index contributed by atoms with van der Waals surface area (Å²) in [7, 11) is 0. The first-order valence-electron chi connectivity index (χ1n) is 6.72. The van der Waals surface area contributed by atoms with Crippen LogP contribution in [0.1, 0.15) is 18.0 Å². The minimum atomic E-state index is 0.0179. The second-order valence-corrected chi connectivity index (χ2v) is 5.58. The first kappa shape index (κ1) is 14.0. The van der Waals surface area contributed by atoms with Crippen LogP contribution in [-0.4, -0.2) is 46.2 Å². The van der Waals surface area contributed by atoms with Gasteiger partial charge in [-0.1, -0.05) is 0 Å². The molecule has 0 aliphatic carbocycles. The van der Waals surface area contributed by atoms with Crippen LogP contribution in [-0.2, 0) is 4.74 Å². The fourth-order valence-corrected chi connectivity index (χ4v) is 2.70. The van der Waals surface area contributed by atoms with Gasteiger partial charge in [0, 0.05) is 24.7 Å². The molecule has 0 saturated carbocycles. The number of nitrogens with one attached hydrogen (secondary N) is 1. The molecule has 1 unspecified atom stereocenters. The normalized spacial score (nSPS) is 16.7. The van der Waals surface area contributed by atoms with Crippen molar-refractivity contribution >= 4 is 29.2 Å². The molecule has 0 aromatic carbocycles. The molecular formula is C12H17N7OS. The largest absolute Gasteiger partial charge is 0.378 e. The molecule has 0 bridgehead atoms. The lowest BCUT2D eigenvalue weighted by atomic mass is 10.4. The number of aromatic nitrogens is 4. The molecule has 2 aromatic rings. The Morgan fingerprint density at radius 1 is 1.33 bits per heavy atom. The Morgan fingerprint density at radius 2 is 2.14 bits per heavy atom. The molecule has 0 spiro atoms. The highest BCUT2D eigenvalue weighted by atomic mass is 32.1. The van der Waals surface area contributed by atoms with Crippen LogP contribution in [0.15, 0.2) is 11.6 Å². The van der Waals surface area contributed by atoms with Gasteiger partial charge in [-0.05, 0) is 6.92 Å². The van der Waals surface area contributed by atoms with Gasteiger partial charge < -0.3 is 20.7 Å². The average Bonchev–Trinajstić information content (AvgIpc) is 3.02. The molecule has 3 heterocycles. The summed E-state index contributed by atoms with van der Waals surface area (Å²) in [5.41, 5.74) is 5.79. The summed E-state index contributed by atoms with van der Waals surface area (Å²) in [6.45, 7) is 4.86. The number of anilines is 3. The van der Waals surface area contributed by atoms with E-state index in [4.69, 9.17) is 10.5 Å². The summed E-state index contributed by atoms with van der Waals surface area (Å²) in [4.78, 5) is 19.1. The van der Waals surface area contributed by atoms with Crippen molar-refractivity contribution < 1.29 is 4.74 Å². The van der Waals surface area contributed by atoms with Crippen molar-refractivity contribution in [3.05, 3.63) is 16.6 Å². The van der Waals surface area contributed by atoms with Crippen molar-refractivity contribution in [3.63, 3.8) is 0 Å². The van der Waals surface area contributed by atoms with Crippen molar-refractivity contribution in [3.8, 4) is 0 Å². The number of nitrogen functional groups attached to an aromatic ring is 1. The van der Waals surface area contributed by atoms with Crippen molar-refractivity contribution in [1.29, 1.82) is 0 Å². The Hall–Kier alpha value is -2.00. The first-order chi connectivity index (χ1) is 10.2. The highest BCUT2D eigenvalue weighted by Crippen LogP contribution is 2.20. The highest BCUT2D eigenvalue weighted by molar-refractivity contribution is 7.09. The van der Waals surface area contributed by atoms with Crippen LogP contribution in [0.2, 0.25) is 0 Å². The third-order valence-corrected chi connectivity index (χ3v) is 4.06. The maximum absolute atomic E-state index is 5.79. The molecule has 0 radical (unpaired) electrons. The topological polar surface area (TPSA) is 102 Å². The van der Waals surface area contributed by atoms with Gasteiger partial charge in [0.25, 0.3) is 0 Å². The molecule has 112 valence electrons. The van der Waals surface area contributed by atoms with Gasteiger partial charge in [-0.15, -0.1) is 11.3 Å². The van der Waals surface area contributed by atoms with E-state index in [9.17, 15) is 0 Å². The van der Waals surface area contributed by atoms with Gasteiger partial charge in [0.15, 0.2) is 0 Å². The lowest BCUT2D eigenvalue weighted by Crippen LogP contribution is -2.37. The molecule has 1 aliphatic heterocycles. The van der Waals surface area contributed by atoms with Gasteiger partial charge in [-0.3, -0.25) is 0 Å². The van der Waals surface area contributed by atoms with E-state index >= 15 is 0 Å². The zero-order valence-corrected chi connectivity index (χ0v) is 12.5. The Kier molecular flexibility index (Phi) is 4.11. The van der Waals surface area contributed by atoms with E-state index in [1.54, 1.807) is 17.5 Å². The van der Waals surface area contributed by atoms with Gasteiger partial charge in [0.1, 0.15) is 5.01 Å². The van der Waals surface area contributed by atoms with E-state index in [0.29, 0.717) is 25.1 Å². The average molecular weight is 307 g/mol. The molecular weight excluding hydrogens is 290 g/mol. The van der Waals surface area contributed by atoms with Crippen LogP contribution in [0.25, 0.3) is 0 Å².